The molecule has 3 aromatic heterocycles. The molecule has 1 fully saturated rings. The fourth-order valence-electron chi connectivity index (χ4n) is 6.40. The molecule has 0 bridgehead atoms. The van der Waals surface area contributed by atoms with Gasteiger partial charge in [0.2, 0.25) is 0 Å². The summed E-state index contributed by atoms with van der Waals surface area (Å²) in [7, 11) is -2.33. The maximum Gasteiger partial charge on any atom is 0.262 e. The van der Waals surface area contributed by atoms with E-state index in [0.717, 1.165) is 22.9 Å². The molecule has 9 nitrogen and oxygen atoms in total. The third-order valence-corrected chi connectivity index (χ3v) is 10.2. The number of fused-ring (bicyclic) bond motifs is 2. The standard InChI is InChI=1S/C30H30F2N6O3S/c1-19(2)38(42(40,41)28-11-13-36(3)35-28)25-7-4-21-14-27-20(18-34-37(27)24-8-5-22(31)6-9-24)16-30(21,17-25)29(39)26-15-23(32)10-12-33-26/h5-6,8-15,18-19,25H,4,7,16-17H2,1-3H3/t25-,30-/m0/s1. The Morgan fingerprint density at radius 3 is 2.55 bits per heavy atom. The van der Waals surface area contributed by atoms with E-state index >= 15 is 0 Å². The number of hydrogen-bond acceptors (Lipinski definition) is 6. The Morgan fingerprint density at radius 1 is 1.12 bits per heavy atom. The van der Waals surface area contributed by atoms with Crippen LogP contribution in [0.15, 0.2) is 71.7 Å². The maximum absolute atomic E-state index is 14.4. The van der Waals surface area contributed by atoms with E-state index in [1.54, 1.807) is 50.1 Å². The van der Waals surface area contributed by atoms with Crippen molar-refractivity contribution >= 4 is 21.9 Å². The summed E-state index contributed by atoms with van der Waals surface area (Å²) in [4.78, 5) is 18.6. The summed E-state index contributed by atoms with van der Waals surface area (Å²) in [6.45, 7) is 3.61. The number of allylic oxidation sites excluding steroid dienone is 1. The number of sulfonamides is 1. The molecule has 4 aromatic rings. The fourth-order valence-corrected chi connectivity index (χ4v) is 8.21. The number of nitrogens with zero attached hydrogens (tertiary/aromatic N) is 6. The second-order valence-corrected chi connectivity index (χ2v) is 13.0. The van der Waals surface area contributed by atoms with Crippen LogP contribution >= 0.6 is 0 Å². The van der Waals surface area contributed by atoms with Crippen LogP contribution < -0.4 is 0 Å². The molecule has 2 atom stereocenters. The Hall–Kier alpha value is -4.03. The average molecular weight is 593 g/mol. The number of halogens is 2. The zero-order chi connectivity index (χ0) is 29.8. The number of benzene rings is 1. The Labute approximate surface area is 242 Å². The van der Waals surface area contributed by atoms with Crippen molar-refractivity contribution in [3.63, 3.8) is 0 Å². The Balaban J connectivity index is 1.46. The zero-order valence-corrected chi connectivity index (χ0v) is 24.2. The van der Waals surface area contributed by atoms with E-state index in [1.165, 1.54) is 39.4 Å². The first-order chi connectivity index (χ1) is 20.0. The lowest BCUT2D eigenvalue weighted by Crippen LogP contribution is -2.52. The van der Waals surface area contributed by atoms with Crippen molar-refractivity contribution in [2.75, 3.05) is 0 Å². The van der Waals surface area contributed by atoms with Crippen LogP contribution in [0.4, 0.5) is 8.78 Å². The molecule has 2 aliphatic carbocycles. The van der Waals surface area contributed by atoms with Crippen LogP contribution in [0.2, 0.25) is 0 Å². The zero-order valence-electron chi connectivity index (χ0n) is 23.4. The molecule has 12 heteroatoms. The van der Waals surface area contributed by atoms with E-state index in [1.807, 2.05) is 6.08 Å². The fraction of sp³-hybridized carbons (Fsp3) is 0.333. The largest absolute Gasteiger partial charge is 0.291 e. The van der Waals surface area contributed by atoms with Gasteiger partial charge in [-0.2, -0.15) is 14.5 Å². The number of carbonyl (C=O) groups excluding carboxylic acids is 1. The summed E-state index contributed by atoms with van der Waals surface area (Å²) in [5.74, 6) is -1.30. The van der Waals surface area contributed by atoms with Crippen LogP contribution in [-0.2, 0) is 23.5 Å². The van der Waals surface area contributed by atoms with Crippen molar-refractivity contribution in [1.29, 1.82) is 0 Å². The molecule has 0 aliphatic heterocycles. The summed E-state index contributed by atoms with van der Waals surface area (Å²) < 4.78 is 60.2. The monoisotopic (exact) mass is 592 g/mol. The average Bonchev–Trinajstić information content (AvgIpc) is 3.57. The molecule has 1 saturated carbocycles. The van der Waals surface area contributed by atoms with Crippen molar-refractivity contribution in [2.24, 2.45) is 12.5 Å². The molecule has 42 heavy (non-hydrogen) atoms. The number of aryl methyl sites for hydroxylation is 1. The predicted molar refractivity (Wildman–Crippen MR) is 151 cm³/mol. The van der Waals surface area contributed by atoms with E-state index in [9.17, 15) is 22.0 Å². The van der Waals surface area contributed by atoms with Gasteiger partial charge in [0.1, 0.15) is 17.3 Å². The van der Waals surface area contributed by atoms with E-state index in [4.69, 9.17) is 0 Å². The molecule has 3 heterocycles. The second kappa shape index (κ2) is 10.4. The SMILES string of the molecule is CC(C)N([C@H]1CCC2=Cc3c(cnn3-c3ccc(F)cc3)C[C@]2(C(=O)c2cc(F)ccn2)C1)S(=O)(=O)c1ccn(C)n1. The number of aromatic nitrogens is 5. The molecule has 0 radical (unpaired) electrons. The van der Waals surface area contributed by atoms with Gasteiger partial charge in [-0.25, -0.2) is 21.9 Å². The third kappa shape index (κ3) is 4.68. The lowest BCUT2D eigenvalue weighted by Gasteiger charge is -2.47. The molecule has 0 unspecified atom stereocenters. The van der Waals surface area contributed by atoms with Gasteiger partial charge in [0.25, 0.3) is 10.0 Å². The lowest BCUT2D eigenvalue weighted by atomic mass is 9.60. The first kappa shape index (κ1) is 28.1. The molecule has 0 N–H and O–H groups in total. The second-order valence-electron chi connectivity index (χ2n) is 11.2. The van der Waals surface area contributed by atoms with E-state index in [2.05, 4.69) is 15.2 Å². The van der Waals surface area contributed by atoms with E-state index < -0.39 is 33.3 Å². The number of pyridine rings is 1. The minimum atomic E-state index is -3.99. The maximum atomic E-state index is 14.4. The Bertz CT molecular complexity index is 1810. The molecule has 218 valence electrons. The molecule has 0 spiro atoms. The summed E-state index contributed by atoms with van der Waals surface area (Å²) in [5.41, 5.74) is 1.84. The third-order valence-electron chi connectivity index (χ3n) is 8.20. The highest BCUT2D eigenvalue weighted by Gasteiger charge is 2.52. The van der Waals surface area contributed by atoms with Gasteiger partial charge >= 0.3 is 0 Å². The summed E-state index contributed by atoms with van der Waals surface area (Å²) >= 11 is 0. The lowest BCUT2D eigenvalue weighted by molar-refractivity contribution is 0.0722. The van der Waals surface area contributed by atoms with Crippen LogP contribution in [0.1, 0.15) is 54.9 Å². The molecule has 0 amide bonds. The van der Waals surface area contributed by atoms with E-state index in [-0.39, 0.29) is 35.2 Å². The highest BCUT2D eigenvalue weighted by molar-refractivity contribution is 7.89. The summed E-state index contributed by atoms with van der Waals surface area (Å²) in [6.07, 6.45) is 7.76. The molecular formula is C30H30F2N6O3S. The van der Waals surface area contributed by atoms with Gasteiger partial charge in [-0.15, -0.1) is 0 Å². The van der Waals surface area contributed by atoms with Gasteiger partial charge in [-0.05, 0) is 87.6 Å². The number of Topliss-reactive ketones (excluding diaryl/α,β-unsaturated/α-hetero) is 1. The number of rotatable bonds is 7. The first-order valence-electron chi connectivity index (χ1n) is 13.7. The van der Waals surface area contributed by atoms with Crippen LogP contribution in [0.25, 0.3) is 11.8 Å². The summed E-state index contributed by atoms with van der Waals surface area (Å²) in [6, 6.07) is 8.81. The van der Waals surface area contributed by atoms with Crippen LogP contribution in [-0.4, -0.2) is 55.1 Å². The van der Waals surface area contributed by atoms with Gasteiger partial charge in [-0.1, -0.05) is 5.57 Å². The Kier molecular flexibility index (Phi) is 6.93. The molecule has 0 saturated heterocycles. The van der Waals surface area contributed by atoms with Gasteiger partial charge in [0.15, 0.2) is 10.8 Å². The van der Waals surface area contributed by atoms with Crippen molar-refractivity contribution < 1.29 is 22.0 Å². The van der Waals surface area contributed by atoms with E-state index in [0.29, 0.717) is 18.5 Å². The number of ketones is 1. The minimum Gasteiger partial charge on any atom is -0.291 e. The van der Waals surface area contributed by atoms with Crippen LogP contribution in [0.3, 0.4) is 0 Å². The highest BCUT2D eigenvalue weighted by atomic mass is 32.2. The van der Waals surface area contributed by atoms with Crippen LogP contribution in [0, 0.1) is 17.0 Å². The normalized spacial score (nSPS) is 20.4. The molecule has 2 aliphatic rings. The minimum absolute atomic E-state index is 0.0143. The highest BCUT2D eigenvalue weighted by Crippen LogP contribution is 2.51. The van der Waals surface area contributed by atoms with Gasteiger partial charge in [0.05, 0.1) is 23.0 Å². The quantitative estimate of drug-likeness (QED) is 0.287. The molecule has 6 rings (SSSR count). The van der Waals surface area contributed by atoms with Gasteiger partial charge in [0, 0.05) is 37.6 Å². The Morgan fingerprint density at radius 2 is 1.88 bits per heavy atom. The number of hydrogen-bond donors (Lipinski definition) is 0. The summed E-state index contributed by atoms with van der Waals surface area (Å²) in [5, 5.41) is 8.65. The smallest absolute Gasteiger partial charge is 0.262 e. The predicted octanol–water partition coefficient (Wildman–Crippen LogP) is 4.74. The molecular weight excluding hydrogens is 562 g/mol. The topological polar surface area (TPSA) is 103 Å². The van der Waals surface area contributed by atoms with Crippen molar-refractivity contribution in [3.05, 3.63) is 95.2 Å². The first-order valence-corrected chi connectivity index (χ1v) is 15.2. The number of carbonyl (C=O) groups is 1. The van der Waals surface area contributed by atoms with Crippen molar-refractivity contribution in [1.82, 2.24) is 28.9 Å². The molecule has 1 aromatic carbocycles. The van der Waals surface area contributed by atoms with Crippen LogP contribution in [0.5, 0.6) is 0 Å². The van der Waals surface area contributed by atoms with Gasteiger partial charge < -0.3 is 0 Å². The van der Waals surface area contributed by atoms with Crippen molar-refractivity contribution in [2.45, 2.75) is 56.6 Å². The van der Waals surface area contributed by atoms with Crippen molar-refractivity contribution in [3.8, 4) is 5.69 Å². The van der Waals surface area contributed by atoms with Gasteiger partial charge in [-0.3, -0.25) is 14.5 Å².